The fourth-order valence-electron chi connectivity index (χ4n) is 1.96. The third-order valence-electron chi connectivity index (χ3n) is 3.15. The zero-order chi connectivity index (χ0) is 14.3. The van der Waals surface area contributed by atoms with Gasteiger partial charge in [0, 0.05) is 5.69 Å². The Morgan fingerprint density at radius 3 is 2.37 bits per heavy atom. The zero-order valence-corrected chi connectivity index (χ0v) is 13.2. The van der Waals surface area contributed by atoms with Crippen LogP contribution >= 0.6 is 0 Å². The number of carbonyl (C=O) groups is 1. The fraction of sp³-hybridized carbons (Fsp3) is 0.533. The zero-order valence-electron chi connectivity index (χ0n) is 12.2. The molecule has 0 atom stereocenters. The molecule has 0 unspecified atom stereocenters. The second-order valence-electron chi connectivity index (χ2n) is 5.58. The van der Waals surface area contributed by atoms with Crippen molar-refractivity contribution < 1.29 is 9.22 Å². The molecule has 0 bridgehead atoms. The van der Waals surface area contributed by atoms with Gasteiger partial charge in [0.2, 0.25) is 8.32 Å². The van der Waals surface area contributed by atoms with E-state index in [4.69, 9.17) is 10.2 Å². The summed E-state index contributed by atoms with van der Waals surface area (Å²) < 4.78 is 5.70. The van der Waals surface area contributed by atoms with Gasteiger partial charge in [-0.2, -0.15) is 0 Å². The van der Waals surface area contributed by atoms with E-state index in [-0.39, 0.29) is 5.97 Å². The summed E-state index contributed by atoms with van der Waals surface area (Å²) in [5, 5.41) is 0. The minimum Gasteiger partial charge on any atom is -0.516 e. The van der Waals surface area contributed by atoms with E-state index in [1.165, 1.54) is 19.3 Å². The lowest BCUT2D eigenvalue weighted by molar-refractivity contribution is 0.0721. The quantitative estimate of drug-likeness (QED) is 0.462. The second-order valence-corrected chi connectivity index (χ2v) is 9.81. The van der Waals surface area contributed by atoms with Crippen LogP contribution in [0.3, 0.4) is 0 Å². The number of anilines is 1. The first-order chi connectivity index (χ1) is 8.94. The van der Waals surface area contributed by atoms with Crippen molar-refractivity contribution in [2.75, 3.05) is 5.73 Å². The first-order valence-corrected chi connectivity index (χ1v) is 10.1. The Kier molecular flexibility index (Phi) is 6.08. The number of nitrogens with two attached hydrogens (primary N) is 1. The number of rotatable bonds is 7. The molecular formula is C15H25NO2Si. The third-order valence-corrected chi connectivity index (χ3v) is 5.44. The number of carbonyl (C=O) groups excluding carboxylic acids is 1. The lowest BCUT2D eigenvalue weighted by Crippen LogP contribution is -2.33. The number of unbranched alkanes of at least 4 members (excludes halogenated alkanes) is 3. The highest BCUT2D eigenvalue weighted by molar-refractivity contribution is 6.72. The van der Waals surface area contributed by atoms with Gasteiger partial charge in [-0.25, -0.2) is 4.79 Å². The van der Waals surface area contributed by atoms with Gasteiger partial charge < -0.3 is 10.2 Å². The Bertz CT molecular complexity index is 401. The summed E-state index contributed by atoms with van der Waals surface area (Å²) in [6, 6.07) is 7.94. The molecule has 2 N–H and O–H groups in total. The van der Waals surface area contributed by atoms with E-state index in [2.05, 4.69) is 20.0 Å². The van der Waals surface area contributed by atoms with Crippen LogP contribution in [0.1, 0.15) is 43.0 Å². The SMILES string of the molecule is CCCCCC[Si](C)(C)OC(=O)c1ccc(N)cc1. The van der Waals surface area contributed by atoms with Gasteiger partial charge in [-0.05, 0) is 43.4 Å². The van der Waals surface area contributed by atoms with E-state index >= 15 is 0 Å². The molecule has 0 aliphatic heterocycles. The van der Waals surface area contributed by atoms with Crippen LogP contribution in [0, 0.1) is 0 Å². The summed E-state index contributed by atoms with van der Waals surface area (Å²) in [5.41, 5.74) is 6.85. The van der Waals surface area contributed by atoms with Gasteiger partial charge in [-0.15, -0.1) is 0 Å². The van der Waals surface area contributed by atoms with Gasteiger partial charge in [0.1, 0.15) is 0 Å². The van der Waals surface area contributed by atoms with Crippen molar-refractivity contribution >= 4 is 20.0 Å². The van der Waals surface area contributed by atoms with Crippen LogP contribution < -0.4 is 5.73 Å². The van der Waals surface area contributed by atoms with Crippen molar-refractivity contribution in [1.82, 2.24) is 0 Å². The second kappa shape index (κ2) is 7.33. The first-order valence-electron chi connectivity index (χ1n) is 7.03. The van der Waals surface area contributed by atoms with Gasteiger partial charge in [0.05, 0.1) is 5.56 Å². The smallest absolute Gasteiger partial charge is 0.324 e. The molecule has 4 heteroatoms. The average Bonchev–Trinajstić information content (AvgIpc) is 2.35. The predicted molar refractivity (Wildman–Crippen MR) is 82.7 cm³/mol. The minimum atomic E-state index is -1.89. The highest BCUT2D eigenvalue weighted by Gasteiger charge is 2.26. The number of hydrogen-bond donors (Lipinski definition) is 1. The Labute approximate surface area is 117 Å². The average molecular weight is 279 g/mol. The molecule has 0 saturated heterocycles. The summed E-state index contributed by atoms with van der Waals surface area (Å²) in [7, 11) is -1.89. The summed E-state index contributed by atoms with van der Waals surface area (Å²) in [6.07, 6.45) is 4.87. The molecule has 1 rings (SSSR count). The molecule has 0 fully saturated rings. The summed E-state index contributed by atoms with van der Waals surface area (Å²) in [4.78, 5) is 12.0. The molecule has 106 valence electrons. The monoisotopic (exact) mass is 279 g/mol. The van der Waals surface area contributed by atoms with E-state index in [0.717, 1.165) is 12.5 Å². The normalized spacial score (nSPS) is 11.3. The highest BCUT2D eigenvalue weighted by atomic mass is 28.4. The van der Waals surface area contributed by atoms with Gasteiger partial charge in [-0.3, -0.25) is 0 Å². The van der Waals surface area contributed by atoms with Crippen molar-refractivity contribution in [3.05, 3.63) is 29.8 Å². The molecule has 3 nitrogen and oxygen atoms in total. The Hall–Kier alpha value is -1.29. The highest BCUT2D eigenvalue weighted by Crippen LogP contribution is 2.19. The lowest BCUT2D eigenvalue weighted by Gasteiger charge is -2.22. The molecule has 0 aliphatic rings. The van der Waals surface area contributed by atoms with E-state index in [1.807, 2.05) is 0 Å². The van der Waals surface area contributed by atoms with E-state index in [1.54, 1.807) is 24.3 Å². The summed E-state index contributed by atoms with van der Waals surface area (Å²) in [5.74, 6) is -0.216. The maximum atomic E-state index is 12.0. The molecule has 0 saturated carbocycles. The first kappa shape index (κ1) is 15.8. The van der Waals surface area contributed by atoms with E-state index < -0.39 is 8.32 Å². The molecule has 19 heavy (non-hydrogen) atoms. The van der Waals surface area contributed by atoms with Gasteiger partial charge in [-0.1, -0.05) is 32.6 Å². The number of nitrogen functional groups attached to an aromatic ring is 1. The topological polar surface area (TPSA) is 52.3 Å². The maximum Gasteiger partial charge on any atom is 0.324 e. The Morgan fingerprint density at radius 1 is 1.16 bits per heavy atom. The van der Waals surface area contributed by atoms with Crippen molar-refractivity contribution in [3.63, 3.8) is 0 Å². The van der Waals surface area contributed by atoms with Crippen molar-refractivity contribution in [1.29, 1.82) is 0 Å². The molecule has 0 spiro atoms. The van der Waals surface area contributed by atoms with Gasteiger partial charge >= 0.3 is 5.97 Å². The molecular weight excluding hydrogens is 254 g/mol. The molecule has 0 radical (unpaired) electrons. The predicted octanol–water partition coefficient (Wildman–Crippen LogP) is 4.21. The van der Waals surface area contributed by atoms with Crippen molar-refractivity contribution in [2.45, 2.75) is 51.7 Å². The summed E-state index contributed by atoms with van der Waals surface area (Å²) >= 11 is 0. The van der Waals surface area contributed by atoms with Crippen molar-refractivity contribution in [2.24, 2.45) is 0 Å². The molecule has 0 aromatic heterocycles. The van der Waals surface area contributed by atoms with E-state index in [9.17, 15) is 4.79 Å². The van der Waals surface area contributed by atoms with Crippen LogP contribution in [0.15, 0.2) is 24.3 Å². The molecule has 1 aromatic rings. The largest absolute Gasteiger partial charge is 0.516 e. The Balaban J connectivity index is 2.47. The lowest BCUT2D eigenvalue weighted by atomic mass is 10.2. The van der Waals surface area contributed by atoms with Crippen LogP contribution in [0.25, 0.3) is 0 Å². The molecule has 0 aliphatic carbocycles. The number of hydrogen-bond acceptors (Lipinski definition) is 3. The molecule has 0 heterocycles. The number of benzene rings is 1. The minimum absolute atomic E-state index is 0.216. The third kappa shape index (κ3) is 5.92. The summed E-state index contributed by atoms with van der Waals surface area (Å²) in [6.45, 7) is 6.41. The maximum absolute atomic E-state index is 12.0. The van der Waals surface area contributed by atoms with Gasteiger partial charge in [0.15, 0.2) is 0 Å². The van der Waals surface area contributed by atoms with Gasteiger partial charge in [0.25, 0.3) is 0 Å². The van der Waals surface area contributed by atoms with Crippen LogP contribution in [-0.4, -0.2) is 14.3 Å². The Morgan fingerprint density at radius 2 is 1.79 bits per heavy atom. The standard InChI is InChI=1S/C15H25NO2Si/c1-4-5-6-7-12-19(2,3)18-15(17)13-8-10-14(16)11-9-13/h8-11H,4-7,12,16H2,1-3H3. The molecule has 1 aromatic carbocycles. The van der Waals surface area contributed by atoms with Crippen LogP contribution in [0.4, 0.5) is 5.69 Å². The van der Waals surface area contributed by atoms with E-state index in [0.29, 0.717) is 11.3 Å². The fourth-order valence-corrected chi connectivity index (χ4v) is 3.78. The van der Waals surface area contributed by atoms with Crippen LogP contribution in [0.2, 0.25) is 19.1 Å². The van der Waals surface area contributed by atoms with Crippen LogP contribution in [-0.2, 0) is 4.43 Å². The van der Waals surface area contributed by atoms with Crippen LogP contribution in [0.5, 0.6) is 0 Å². The molecule has 0 amide bonds. The van der Waals surface area contributed by atoms with Crippen molar-refractivity contribution in [3.8, 4) is 0 Å².